The molecule has 2 saturated heterocycles. The molecule has 0 radical (unpaired) electrons. The van der Waals surface area contributed by atoms with Gasteiger partial charge in [0.2, 0.25) is 0 Å². The molecule has 0 spiro atoms. The van der Waals surface area contributed by atoms with E-state index in [1.807, 2.05) is 4.90 Å². The van der Waals surface area contributed by atoms with E-state index in [1.54, 1.807) is 11.3 Å². The fourth-order valence-electron chi connectivity index (χ4n) is 4.17. The van der Waals surface area contributed by atoms with E-state index in [2.05, 4.69) is 38.7 Å². The van der Waals surface area contributed by atoms with Gasteiger partial charge < -0.3 is 14.4 Å². The van der Waals surface area contributed by atoms with E-state index in [0.29, 0.717) is 12.2 Å². The summed E-state index contributed by atoms with van der Waals surface area (Å²) >= 11 is 1.63. The van der Waals surface area contributed by atoms with Crippen LogP contribution in [0.1, 0.15) is 53.7 Å². The van der Waals surface area contributed by atoms with E-state index in [9.17, 15) is 4.79 Å². The minimum absolute atomic E-state index is 0.192. The van der Waals surface area contributed by atoms with Crippen LogP contribution < -0.4 is 0 Å². The average Bonchev–Trinajstić information content (AvgIpc) is 3.02. The first-order valence-electron chi connectivity index (χ1n) is 10.3. The third-order valence-corrected chi connectivity index (χ3v) is 6.68. The number of rotatable bonds is 6. The maximum absolute atomic E-state index is 12.7. The van der Waals surface area contributed by atoms with Crippen LogP contribution in [0.2, 0.25) is 0 Å². The zero-order valence-electron chi connectivity index (χ0n) is 17.2. The summed E-state index contributed by atoms with van der Waals surface area (Å²) in [5.74, 6) is 0.192. The van der Waals surface area contributed by atoms with Crippen LogP contribution in [-0.2, 0) is 15.9 Å². The van der Waals surface area contributed by atoms with Crippen LogP contribution in [0.3, 0.4) is 0 Å². The number of likely N-dealkylation sites (tertiary alicyclic amines) is 1. The summed E-state index contributed by atoms with van der Waals surface area (Å²) in [5, 5.41) is 0. The zero-order chi connectivity index (χ0) is 19.4. The van der Waals surface area contributed by atoms with Crippen molar-refractivity contribution in [3.63, 3.8) is 0 Å². The fraction of sp³-hybridized carbons (Fsp3) is 0.762. The Labute approximate surface area is 167 Å². The molecule has 1 aromatic heterocycles. The van der Waals surface area contributed by atoms with Crippen molar-refractivity contribution in [3.05, 3.63) is 21.4 Å². The van der Waals surface area contributed by atoms with E-state index in [-0.39, 0.29) is 12.0 Å². The van der Waals surface area contributed by atoms with E-state index in [1.165, 1.54) is 10.4 Å². The average molecular weight is 395 g/mol. The summed E-state index contributed by atoms with van der Waals surface area (Å²) in [6.45, 7) is 13.8. The number of thiophene rings is 1. The molecule has 3 heterocycles. The van der Waals surface area contributed by atoms with Gasteiger partial charge in [-0.25, -0.2) is 0 Å². The Morgan fingerprint density at radius 1 is 1.26 bits per heavy atom. The molecule has 0 unspecified atom stereocenters. The van der Waals surface area contributed by atoms with Crippen LogP contribution >= 0.6 is 11.3 Å². The number of nitrogens with zero attached hydrogens (tertiary/aromatic N) is 2. The molecule has 0 saturated carbocycles. The van der Waals surface area contributed by atoms with E-state index >= 15 is 0 Å². The molecule has 2 fully saturated rings. The van der Waals surface area contributed by atoms with Gasteiger partial charge in [-0.05, 0) is 51.7 Å². The summed E-state index contributed by atoms with van der Waals surface area (Å²) in [6, 6.07) is 2.08. The monoisotopic (exact) mass is 394 g/mol. The standard InChI is InChI=1S/C21H34N2O3S/c1-5-18-12-20(27-17(18)4)21(24)23-8-6-19(7-9-23)25-11-10-22-13-15(2)26-16(3)14-22/h12,15-16,19H,5-11,13-14H2,1-4H3/t15-,16+. The Kier molecular flexibility index (Phi) is 7.31. The summed E-state index contributed by atoms with van der Waals surface area (Å²) < 4.78 is 11.9. The SMILES string of the molecule is CCc1cc(C(=O)N2CCC(OCCN3C[C@@H](C)O[C@@H](C)C3)CC2)sc1C. The molecule has 0 N–H and O–H groups in total. The Bertz CT molecular complexity index is 615. The number of piperidine rings is 1. The van der Waals surface area contributed by atoms with Gasteiger partial charge in [0.15, 0.2) is 0 Å². The number of morpholine rings is 1. The molecule has 5 nitrogen and oxygen atoms in total. The molecule has 1 aromatic rings. The second-order valence-electron chi connectivity index (χ2n) is 7.92. The lowest BCUT2D eigenvalue weighted by molar-refractivity contribution is -0.0780. The van der Waals surface area contributed by atoms with E-state index in [4.69, 9.17) is 9.47 Å². The van der Waals surface area contributed by atoms with Gasteiger partial charge in [-0.1, -0.05) is 6.92 Å². The predicted molar refractivity (Wildman–Crippen MR) is 110 cm³/mol. The van der Waals surface area contributed by atoms with Crippen LogP contribution in [0.15, 0.2) is 6.07 Å². The fourth-order valence-corrected chi connectivity index (χ4v) is 5.25. The molecule has 2 aliphatic rings. The lowest BCUT2D eigenvalue weighted by Crippen LogP contribution is -2.47. The Morgan fingerprint density at radius 2 is 1.93 bits per heavy atom. The van der Waals surface area contributed by atoms with Crippen LogP contribution in [0, 0.1) is 6.92 Å². The second-order valence-corrected chi connectivity index (χ2v) is 9.18. The van der Waals surface area contributed by atoms with Gasteiger partial charge in [0.25, 0.3) is 5.91 Å². The highest BCUT2D eigenvalue weighted by atomic mass is 32.1. The first-order chi connectivity index (χ1) is 13.0. The highest BCUT2D eigenvalue weighted by Gasteiger charge is 2.26. The summed E-state index contributed by atoms with van der Waals surface area (Å²) in [5.41, 5.74) is 1.30. The molecule has 3 rings (SSSR count). The maximum atomic E-state index is 12.7. The lowest BCUT2D eigenvalue weighted by Gasteiger charge is -2.36. The molecule has 6 heteroatoms. The van der Waals surface area contributed by atoms with Gasteiger partial charge in [0.05, 0.1) is 29.8 Å². The summed E-state index contributed by atoms with van der Waals surface area (Å²) in [7, 11) is 0. The molecular weight excluding hydrogens is 360 g/mol. The number of aryl methyl sites for hydroxylation is 2. The molecular formula is C21H34N2O3S. The van der Waals surface area contributed by atoms with Crippen molar-refractivity contribution < 1.29 is 14.3 Å². The van der Waals surface area contributed by atoms with Gasteiger partial charge in [-0.2, -0.15) is 0 Å². The maximum Gasteiger partial charge on any atom is 0.263 e. The lowest BCUT2D eigenvalue weighted by atomic mass is 10.1. The van der Waals surface area contributed by atoms with Crippen molar-refractivity contribution in [1.82, 2.24) is 9.80 Å². The molecule has 152 valence electrons. The largest absolute Gasteiger partial charge is 0.377 e. The molecule has 27 heavy (non-hydrogen) atoms. The minimum Gasteiger partial charge on any atom is -0.377 e. The first kappa shape index (κ1) is 20.8. The highest BCUT2D eigenvalue weighted by Crippen LogP contribution is 2.25. The normalized spacial score (nSPS) is 25.1. The molecule has 1 amide bonds. The summed E-state index contributed by atoms with van der Waals surface area (Å²) in [6.07, 6.45) is 3.75. The van der Waals surface area contributed by atoms with Crippen molar-refractivity contribution in [2.45, 2.75) is 65.3 Å². The quantitative estimate of drug-likeness (QED) is 0.742. The van der Waals surface area contributed by atoms with Crippen molar-refractivity contribution in [3.8, 4) is 0 Å². The number of carbonyl (C=O) groups excluding carboxylic acids is 1. The number of carbonyl (C=O) groups is 1. The van der Waals surface area contributed by atoms with Crippen LogP contribution in [-0.4, -0.2) is 73.3 Å². The number of hydrogen-bond acceptors (Lipinski definition) is 5. The molecule has 2 aliphatic heterocycles. The van der Waals surface area contributed by atoms with Gasteiger partial charge in [0.1, 0.15) is 0 Å². The third kappa shape index (κ3) is 5.53. The Hall–Kier alpha value is -0.950. The molecule has 0 bridgehead atoms. The number of hydrogen-bond donors (Lipinski definition) is 0. The van der Waals surface area contributed by atoms with Gasteiger partial charge in [-0.15, -0.1) is 11.3 Å². The molecule has 0 aliphatic carbocycles. The van der Waals surface area contributed by atoms with Crippen molar-refractivity contribution >= 4 is 17.2 Å². The first-order valence-corrected chi connectivity index (χ1v) is 11.2. The van der Waals surface area contributed by atoms with Gasteiger partial charge in [0, 0.05) is 37.6 Å². The van der Waals surface area contributed by atoms with Crippen molar-refractivity contribution in [2.24, 2.45) is 0 Å². The molecule has 2 atom stereocenters. The van der Waals surface area contributed by atoms with Gasteiger partial charge >= 0.3 is 0 Å². The zero-order valence-corrected chi connectivity index (χ0v) is 18.0. The smallest absolute Gasteiger partial charge is 0.263 e. The topological polar surface area (TPSA) is 42.0 Å². The van der Waals surface area contributed by atoms with E-state index in [0.717, 1.165) is 63.5 Å². The minimum atomic E-state index is 0.192. The van der Waals surface area contributed by atoms with Gasteiger partial charge in [-0.3, -0.25) is 9.69 Å². The second kappa shape index (κ2) is 9.50. The van der Waals surface area contributed by atoms with Crippen molar-refractivity contribution in [1.29, 1.82) is 0 Å². The van der Waals surface area contributed by atoms with Crippen LogP contribution in [0.5, 0.6) is 0 Å². The number of ether oxygens (including phenoxy) is 2. The Balaban J connectivity index is 1.39. The Morgan fingerprint density at radius 3 is 2.52 bits per heavy atom. The van der Waals surface area contributed by atoms with E-state index < -0.39 is 0 Å². The van der Waals surface area contributed by atoms with Crippen molar-refractivity contribution in [2.75, 3.05) is 39.3 Å². The highest BCUT2D eigenvalue weighted by molar-refractivity contribution is 7.14. The summed E-state index contributed by atoms with van der Waals surface area (Å²) in [4.78, 5) is 19.3. The van der Waals surface area contributed by atoms with Crippen LogP contribution in [0.25, 0.3) is 0 Å². The predicted octanol–water partition coefficient (Wildman–Crippen LogP) is 3.35. The number of amides is 1. The third-order valence-electron chi connectivity index (χ3n) is 5.60. The molecule has 0 aromatic carbocycles. The van der Waals surface area contributed by atoms with Crippen LogP contribution in [0.4, 0.5) is 0 Å².